The lowest BCUT2D eigenvalue weighted by atomic mass is 10.1. The van der Waals surface area contributed by atoms with Crippen LogP contribution >= 0.6 is 0 Å². The third-order valence-electron chi connectivity index (χ3n) is 4.45. The van der Waals surface area contributed by atoms with Gasteiger partial charge >= 0.3 is 0 Å². The van der Waals surface area contributed by atoms with Gasteiger partial charge < -0.3 is 15.0 Å². The van der Waals surface area contributed by atoms with Gasteiger partial charge in [-0.1, -0.05) is 17.7 Å². The van der Waals surface area contributed by atoms with Crippen LogP contribution in [0.15, 0.2) is 48.5 Å². The average Bonchev–Trinajstić information content (AvgIpc) is 3.01. The molecule has 1 atom stereocenters. The fraction of sp³-hybridized carbons (Fsp3) is 0.300. The van der Waals surface area contributed by atoms with Crippen LogP contribution in [0.4, 0.5) is 5.69 Å². The number of benzene rings is 2. The number of hydrogen-bond acceptors (Lipinski definition) is 3. The number of aryl methyl sites for hydroxylation is 1. The number of anilines is 1. The van der Waals surface area contributed by atoms with Crippen molar-refractivity contribution in [1.29, 1.82) is 0 Å². The van der Waals surface area contributed by atoms with E-state index in [0.29, 0.717) is 25.1 Å². The highest BCUT2D eigenvalue weighted by Crippen LogP contribution is 2.26. The number of rotatable bonds is 5. The molecule has 0 spiro atoms. The maximum Gasteiger partial charge on any atom is 0.251 e. The normalized spacial score (nSPS) is 16.8. The largest absolute Gasteiger partial charge is 0.497 e. The van der Waals surface area contributed by atoms with Crippen molar-refractivity contribution in [2.24, 2.45) is 5.92 Å². The van der Waals surface area contributed by atoms with Crippen molar-refractivity contribution in [3.8, 4) is 5.75 Å². The summed E-state index contributed by atoms with van der Waals surface area (Å²) in [5.41, 5.74) is 2.62. The molecule has 2 aromatic carbocycles. The lowest BCUT2D eigenvalue weighted by Gasteiger charge is -2.17. The summed E-state index contributed by atoms with van der Waals surface area (Å²) in [6.45, 7) is 3.09. The highest BCUT2D eigenvalue weighted by molar-refractivity contribution is 5.96. The second kappa shape index (κ2) is 7.38. The molecule has 0 aromatic heterocycles. The van der Waals surface area contributed by atoms with Crippen molar-refractivity contribution in [2.45, 2.75) is 13.3 Å². The predicted octanol–water partition coefficient (Wildman–Crippen LogP) is 2.79. The van der Waals surface area contributed by atoms with Gasteiger partial charge in [0, 0.05) is 36.7 Å². The second-order valence-corrected chi connectivity index (χ2v) is 6.35. The van der Waals surface area contributed by atoms with Crippen LogP contribution in [0, 0.1) is 12.8 Å². The molecule has 1 saturated heterocycles. The highest BCUT2D eigenvalue weighted by Gasteiger charge is 2.30. The number of hydrogen-bond donors (Lipinski definition) is 1. The van der Waals surface area contributed by atoms with Gasteiger partial charge in [-0.05, 0) is 43.3 Å². The van der Waals surface area contributed by atoms with E-state index in [-0.39, 0.29) is 17.7 Å². The number of ether oxygens (including phenoxy) is 1. The van der Waals surface area contributed by atoms with Crippen LogP contribution in [0.25, 0.3) is 0 Å². The topological polar surface area (TPSA) is 58.6 Å². The van der Waals surface area contributed by atoms with Crippen molar-refractivity contribution in [2.75, 3.05) is 25.1 Å². The Hall–Kier alpha value is -2.82. The first-order chi connectivity index (χ1) is 12.1. The summed E-state index contributed by atoms with van der Waals surface area (Å²) in [5.74, 6) is 0.858. The van der Waals surface area contributed by atoms with E-state index in [2.05, 4.69) is 5.32 Å². The van der Waals surface area contributed by atoms with Crippen LogP contribution in [0.2, 0.25) is 0 Å². The molecule has 2 amide bonds. The summed E-state index contributed by atoms with van der Waals surface area (Å²) in [5, 5.41) is 2.93. The van der Waals surface area contributed by atoms with Crippen LogP contribution < -0.4 is 15.0 Å². The predicted molar refractivity (Wildman–Crippen MR) is 97.0 cm³/mol. The average molecular weight is 338 g/mol. The zero-order valence-corrected chi connectivity index (χ0v) is 14.5. The molecule has 5 heteroatoms. The fourth-order valence-electron chi connectivity index (χ4n) is 2.97. The van der Waals surface area contributed by atoms with Gasteiger partial charge in [0.2, 0.25) is 5.91 Å². The summed E-state index contributed by atoms with van der Waals surface area (Å²) in [7, 11) is 1.61. The number of methoxy groups -OCH3 is 1. The van der Waals surface area contributed by atoms with Crippen LogP contribution in [-0.4, -0.2) is 32.0 Å². The summed E-state index contributed by atoms with van der Waals surface area (Å²) in [6, 6.07) is 14.9. The molecule has 0 saturated carbocycles. The first-order valence-electron chi connectivity index (χ1n) is 8.36. The van der Waals surface area contributed by atoms with E-state index in [1.54, 1.807) is 12.0 Å². The maximum absolute atomic E-state index is 12.3. The summed E-state index contributed by atoms with van der Waals surface area (Å²) in [6.07, 6.45) is 0.445. The minimum Gasteiger partial charge on any atom is -0.497 e. The van der Waals surface area contributed by atoms with Gasteiger partial charge in [0.25, 0.3) is 5.91 Å². The highest BCUT2D eigenvalue weighted by atomic mass is 16.5. The van der Waals surface area contributed by atoms with Crippen molar-refractivity contribution in [3.63, 3.8) is 0 Å². The standard InChI is InChI=1S/C20H22N2O3/c1-14-3-5-16(6-4-14)20(24)21-12-15-11-19(23)22(13-15)17-7-9-18(25-2)10-8-17/h3-10,15H,11-13H2,1-2H3,(H,21,24). The first kappa shape index (κ1) is 17.0. The third-order valence-corrected chi connectivity index (χ3v) is 4.45. The van der Waals surface area contributed by atoms with Gasteiger partial charge in [0.05, 0.1) is 7.11 Å². The second-order valence-electron chi connectivity index (χ2n) is 6.35. The molecule has 1 aliphatic rings. The quantitative estimate of drug-likeness (QED) is 0.912. The van der Waals surface area contributed by atoms with E-state index in [1.807, 2.05) is 55.5 Å². The van der Waals surface area contributed by atoms with Gasteiger partial charge in [-0.2, -0.15) is 0 Å². The monoisotopic (exact) mass is 338 g/mol. The number of nitrogens with zero attached hydrogens (tertiary/aromatic N) is 1. The molecule has 1 unspecified atom stereocenters. The maximum atomic E-state index is 12.3. The molecule has 0 radical (unpaired) electrons. The minimum atomic E-state index is -0.102. The Morgan fingerprint density at radius 1 is 1.16 bits per heavy atom. The number of carbonyl (C=O) groups excluding carboxylic acids is 2. The molecule has 1 N–H and O–H groups in total. The van der Waals surface area contributed by atoms with Crippen molar-refractivity contribution >= 4 is 17.5 Å². The SMILES string of the molecule is COc1ccc(N2CC(CNC(=O)c3ccc(C)cc3)CC2=O)cc1. The molecule has 5 nitrogen and oxygen atoms in total. The number of nitrogens with one attached hydrogen (secondary N) is 1. The Morgan fingerprint density at radius 2 is 1.84 bits per heavy atom. The molecule has 0 aliphatic carbocycles. The van der Waals surface area contributed by atoms with Gasteiger partial charge in [0.1, 0.15) is 5.75 Å². The van der Waals surface area contributed by atoms with E-state index < -0.39 is 0 Å². The van der Waals surface area contributed by atoms with Crippen molar-refractivity contribution < 1.29 is 14.3 Å². The molecule has 25 heavy (non-hydrogen) atoms. The van der Waals surface area contributed by atoms with Gasteiger partial charge in [0.15, 0.2) is 0 Å². The van der Waals surface area contributed by atoms with E-state index in [9.17, 15) is 9.59 Å². The smallest absolute Gasteiger partial charge is 0.251 e. The lowest BCUT2D eigenvalue weighted by molar-refractivity contribution is -0.117. The van der Waals surface area contributed by atoms with Crippen LogP contribution in [0.1, 0.15) is 22.3 Å². The van der Waals surface area contributed by atoms with Gasteiger partial charge in [-0.3, -0.25) is 9.59 Å². The summed E-state index contributed by atoms with van der Waals surface area (Å²) >= 11 is 0. The summed E-state index contributed by atoms with van der Waals surface area (Å²) < 4.78 is 5.14. The van der Waals surface area contributed by atoms with Gasteiger partial charge in [-0.15, -0.1) is 0 Å². The Labute approximate surface area is 147 Å². The zero-order valence-electron chi connectivity index (χ0n) is 14.5. The van der Waals surface area contributed by atoms with E-state index in [1.165, 1.54) is 0 Å². The molecular formula is C20H22N2O3. The third kappa shape index (κ3) is 3.99. The van der Waals surface area contributed by atoms with Crippen molar-refractivity contribution in [3.05, 3.63) is 59.7 Å². The Kier molecular flexibility index (Phi) is 5.03. The molecule has 1 aliphatic heterocycles. The molecular weight excluding hydrogens is 316 g/mol. The van der Waals surface area contributed by atoms with E-state index in [4.69, 9.17) is 4.74 Å². The molecule has 130 valence electrons. The molecule has 2 aromatic rings. The van der Waals surface area contributed by atoms with Crippen LogP contribution in [0.3, 0.4) is 0 Å². The Balaban J connectivity index is 1.57. The lowest BCUT2D eigenvalue weighted by Crippen LogP contribution is -2.31. The molecule has 3 rings (SSSR count). The minimum absolute atomic E-state index is 0.0831. The molecule has 1 heterocycles. The van der Waals surface area contributed by atoms with Crippen molar-refractivity contribution in [1.82, 2.24) is 5.32 Å². The Morgan fingerprint density at radius 3 is 2.48 bits per heavy atom. The first-order valence-corrected chi connectivity index (χ1v) is 8.36. The van der Waals surface area contributed by atoms with Gasteiger partial charge in [-0.25, -0.2) is 0 Å². The van der Waals surface area contributed by atoms with Crippen LogP contribution in [0.5, 0.6) is 5.75 Å². The Bertz CT molecular complexity index is 754. The van der Waals surface area contributed by atoms with E-state index in [0.717, 1.165) is 17.0 Å². The molecule has 0 bridgehead atoms. The zero-order chi connectivity index (χ0) is 17.8. The molecule has 1 fully saturated rings. The van der Waals surface area contributed by atoms with E-state index >= 15 is 0 Å². The van der Waals surface area contributed by atoms with Crippen LogP contribution in [-0.2, 0) is 4.79 Å². The summed E-state index contributed by atoms with van der Waals surface area (Å²) in [4.78, 5) is 26.2. The fourth-order valence-corrected chi connectivity index (χ4v) is 2.97. The number of amides is 2. The number of carbonyl (C=O) groups is 2.